The highest BCUT2D eigenvalue weighted by Crippen LogP contribution is 2.20. The van der Waals surface area contributed by atoms with Gasteiger partial charge in [0.15, 0.2) is 0 Å². The van der Waals surface area contributed by atoms with Crippen LogP contribution in [0.5, 0.6) is 5.75 Å². The molecule has 0 saturated carbocycles. The molecule has 0 fully saturated rings. The predicted molar refractivity (Wildman–Crippen MR) is 121 cm³/mol. The number of aryl methyl sites for hydroxylation is 1. The average Bonchev–Trinajstić information content (AvgIpc) is 2.79. The van der Waals surface area contributed by atoms with Crippen molar-refractivity contribution in [1.29, 1.82) is 0 Å². The zero-order valence-electron chi connectivity index (χ0n) is 16.7. The Bertz CT molecular complexity index is 1170. The van der Waals surface area contributed by atoms with Crippen LogP contribution in [0, 0.1) is 6.92 Å². The molecule has 0 atom stereocenters. The molecule has 4 nitrogen and oxygen atoms in total. The van der Waals surface area contributed by atoms with Crippen LogP contribution < -0.4 is 10.2 Å². The van der Waals surface area contributed by atoms with E-state index in [4.69, 9.17) is 4.74 Å². The summed E-state index contributed by atoms with van der Waals surface area (Å²) < 4.78 is 5.95. The van der Waals surface area contributed by atoms with Gasteiger partial charge in [-0.2, -0.15) is 5.10 Å². The summed E-state index contributed by atoms with van der Waals surface area (Å²) in [6.45, 7) is 2.48. The van der Waals surface area contributed by atoms with E-state index in [9.17, 15) is 4.79 Å². The van der Waals surface area contributed by atoms with Gasteiger partial charge >= 0.3 is 0 Å². The molecule has 30 heavy (non-hydrogen) atoms. The third-order valence-electron chi connectivity index (χ3n) is 4.85. The Hall–Kier alpha value is -3.92. The van der Waals surface area contributed by atoms with E-state index >= 15 is 0 Å². The van der Waals surface area contributed by atoms with Gasteiger partial charge in [-0.1, -0.05) is 60.2 Å². The van der Waals surface area contributed by atoms with Crippen molar-refractivity contribution in [2.24, 2.45) is 5.10 Å². The van der Waals surface area contributed by atoms with Gasteiger partial charge in [0.25, 0.3) is 5.91 Å². The first kappa shape index (κ1) is 19.4. The number of carbonyl (C=O) groups excluding carboxylic acids is 1. The summed E-state index contributed by atoms with van der Waals surface area (Å²) >= 11 is 0. The van der Waals surface area contributed by atoms with Crippen LogP contribution in [0.15, 0.2) is 96.1 Å². The number of benzene rings is 4. The van der Waals surface area contributed by atoms with E-state index in [0.717, 1.165) is 22.4 Å². The van der Waals surface area contributed by atoms with E-state index in [0.29, 0.717) is 12.2 Å². The van der Waals surface area contributed by atoms with E-state index in [2.05, 4.69) is 34.8 Å². The van der Waals surface area contributed by atoms with Crippen molar-refractivity contribution in [3.05, 3.63) is 113 Å². The molecule has 0 spiro atoms. The van der Waals surface area contributed by atoms with Gasteiger partial charge < -0.3 is 4.74 Å². The maximum absolute atomic E-state index is 12.1. The van der Waals surface area contributed by atoms with Crippen LogP contribution in [0.2, 0.25) is 0 Å². The molecule has 0 bridgehead atoms. The van der Waals surface area contributed by atoms with Crippen LogP contribution >= 0.6 is 0 Å². The molecule has 4 rings (SSSR count). The number of rotatable bonds is 6. The SMILES string of the molecule is Cc1ccc(C(=O)N/N=C\c2ccc(OCc3cccc4ccccc34)cc2)cc1. The molecular formula is C26H22N2O2. The van der Waals surface area contributed by atoms with E-state index in [1.165, 1.54) is 10.8 Å². The second-order valence-corrected chi connectivity index (χ2v) is 7.06. The second kappa shape index (κ2) is 9.05. The summed E-state index contributed by atoms with van der Waals surface area (Å²) in [5.41, 5.74) is 6.25. The van der Waals surface area contributed by atoms with E-state index in [1.54, 1.807) is 18.3 Å². The van der Waals surface area contributed by atoms with Gasteiger partial charge in [-0.3, -0.25) is 4.79 Å². The molecule has 0 radical (unpaired) electrons. The van der Waals surface area contributed by atoms with Crippen LogP contribution in [0.4, 0.5) is 0 Å². The quantitative estimate of drug-likeness (QED) is 0.347. The lowest BCUT2D eigenvalue weighted by atomic mass is 10.1. The molecule has 4 aromatic rings. The molecule has 4 aromatic carbocycles. The largest absolute Gasteiger partial charge is 0.489 e. The Kier molecular flexibility index (Phi) is 5.85. The lowest BCUT2D eigenvalue weighted by Gasteiger charge is -2.09. The summed E-state index contributed by atoms with van der Waals surface area (Å²) in [6, 6.07) is 29.5. The van der Waals surface area contributed by atoms with Crippen molar-refractivity contribution in [2.75, 3.05) is 0 Å². The fraction of sp³-hybridized carbons (Fsp3) is 0.0769. The number of hydrogen-bond donors (Lipinski definition) is 1. The first-order chi connectivity index (χ1) is 14.7. The minimum Gasteiger partial charge on any atom is -0.489 e. The summed E-state index contributed by atoms with van der Waals surface area (Å²) in [5, 5.41) is 6.44. The normalized spacial score (nSPS) is 11.0. The van der Waals surface area contributed by atoms with Crippen LogP contribution in [0.25, 0.3) is 10.8 Å². The summed E-state index contributed by atoms with van der Waals surface area (Å²) in [6.07, 6.45) is 1.61. The van der Waals surface area contributed by atoms with Crippen molar-refractivity contribution in [2.45, 2.75) is 13.5 Å². The van der Waals surface area contributed by atoms with Gasteiger partial charge in [0.05, 0.1) is 6.21 Å². The van der Waals surface area contributed by atoms with Crippen LogP contribution in [0.1, 0.15) is 27.0 Å². The molecule has 0 aliphatic rings. The Morgan fingerprint density at radius 1 is 0.900 bits per heavy atom. The summed E-state index contributed by atoms with van der Waals surface area (Å²) in [5.74, 6) is 0.546. The highest BCUT2D eigenvalue weighted by molar-refractivity contribution is 5.94. The van der Waals surface area contributed by atoms with Gasteiger partial charge in [0.1, 0.15) is 12.4 Å². The molecule has 0 aliphatic carbocycles. The number of nitrogens with zero attached hydrogens (tertiary/aromatic N) is 1. The minimum absolute atomic E-state index is 0.235. The fourth-order valence-electron chi connectivity index (χ4n) is 3.16. The molecule has 1 amide bonds. The fourth-order valence-corrected chi connectivity index (χ4v) is 3.16. The van der Waals surface area contributed by atoms with E-state index in [-0.39, 0.29) is 5.91 Å². The van der Waals surface area contributed by atoms with Crippen LogP contribution in [0.3, 0.4) is 0 Å². The topological polar surface area (TPSA) is 50.7 Å². The van der Waals surface area contributed by atoms with Gasteiger partial charge in [0.2, 0.25) is 0 Å². The van der Waals surface area contributed by atoms with Gasteiger partial charge in [-0.15, -0.1) is 0 Å². The second-order valence-electron chi connectivity index (χ2n) is 7.06. The van der Waals surface area contributed by atoms with Crippen molar-refractivity contribution in [3.63, 3.8) is 0 Å². The zero-order valence-corrected chi connectivity index (χ0v) is 16.7. The maximum Gasteiger partial charge on any atom is 0.271 e. The molecule has 0 unspecified atom stereocenters. The molecular weight excluding hydrogens is 372 g/mol. The highest BCUT2D eigenvalue weighted by atomic mass is 16.5. The van der Waals surface area contributed by atoms with Crippen molar-refractivity contribution >= 4 is 22.9 Å². The molecule has 148 valence electrons. The summed E-state index contributed by atoms with van der Waals surface area (Å²) in [4.78, 5) is 12.1. The maximum atomic E-state index is 12.1. The number of nitrogens with one attached hydrogen (secondary N) is 1. The first-order valence-electron chi connectivity index (χ1n) is 9.79. The number of carbonyl (C=O) groups is 1. The lowest BCUT2D eigenvalue weighted by Crippen LogP contribution is -2.17. The summed E-state index contributed by atoms with van der Waals surface area (Å²) in [7, 11) is 0. The van der Waals surface area contributed by atoms with Crippen LogP contribution in [-0.4, -0.2) is 12.1 Å². The molecule has 0 heterocycles. The van der Waals surface area contributed by atoms with Gasteiger partial charge in [-0.05, 0) is 65.2 Å². The van der Waals surface area contributed by atoms with E-state index < -0.39 is 0 Å². The number of hydrogen-bond acceptors (Lipinski definition) is 3. The number of hydrazone groups is 1. The monoisotopic (exact) mass is 394 g/mol. The Morgan fingerprint density at radius 3 is 2.43 bits per heavy atom. The first-order valence-corrected chi connectivity index (χ1v) is 9.79. The van der Waals surface area contributed by atoms with Crippen molar-refractivity contribution in [3.8, 4) is 5.75 Å². The van der Waals surface area contributed by atoms with Crippen LogP contribution in [-0.2, 0) is 6.61 Å². The van der Waals surface area contributed by atoms with E-state index in [1.807, 2.05) is 61.5 Å². The smallest absolute Gasteiger partial charge is 0.271 e. The molecule has 4 heteroatoms. The predicted octanol–water partition coefficient (Wildman–Crippen LogP) is 5.49. The highest BCUT2D eigenvalue weighted by Gasteiger charge is 2.03. The molecule has 1 N–H and O–H groups in total. The van der Waals surface area contributed by atoms with Crippen molar-refractivity contribution in [1.82, 2.24) is 5.43 Å². The number of ether oxygens (including phenoxy) is 1. The average molecular weight is 394 g/mol. The van der Waals surface area contributed by atoms with Gasteiger partial charge in [0, 0.05) is 5.56 Å². The minimum atomic E-state index is -0.235. The molecule has 0 saturated heterocycles. The number of fused-ring (bicyclic) bond motifs is 1. The third kappa shape index (κ3) is 4.73. The Balaban J connectivity index is 1.34. The standard InChI is InChI=1S/C26H22N2O2/c1-19-9-13-22(14-10-19)26(29)28-27-17-20-11-15-24(16-12-20)30-18-23-7-4-6-21-5-2-3-8-25(21)23/h2-17H,18H2,1H3,(H,28,29)/b27-17-. The number of amides is 1. The Labute approximate surface area is 175 Å². The van der Waals surface area contributed by atoms with Crippen molar-refractivity contribution < 1.29 is 9.53 Å². The molecule has 0 aromatic heterocycles. The third-order valence-corrected chi connectivity index (χ3v) is 4.85. The lowest BCUT2D eigenvalue weighted by molar-refractivity contribution is 0.0955. The Morgan fingerprint density at radius 2 is 1.63 bits per heavy atom. The van der Waals surface area contributed by atoms with Gasteiger partial charge in [-0.25, -0.2) is 5.43 Å². The molecule has 0 aliphatic heterocycles. The zero-order chi connectivity index (χ0) is 20.8.